The van der Waals surface area contributed by atoms with Crippen molar-refractivity contribution in [3.05, 3.63) is 99.8 Å². The number of hydrogen-bond acceptors (Lipinski definition) is 4. The molecule has 2 aromatic carbocycles. The van der Waals surface area contributed by atoms with Crippen molar-refractivity contribution in [2.75, 3.05) is 7.11 Å². The van der Waals surface area contributed by atoms with Gasteiger partial charge in [0.2, 0.25) is 0 Å². The van der Waals surface area contributed by atoms with Crippen molar-refractivity contribution in [2.45, 2.75) is 38.7 Å². The van der Waals surface area contributed by atoms with Crippen molar-refractivity contribution >= 4 is 11.2 Å². The molecule has 1 fully saturated rings. The van der Waals surface area contributed by atoms with E-state index in [0.29, 0.717) is 30.3 Å². The summed E-state index contributed by atoms with van der Waals surface area (Å²) in [6, 6.07) is 17.0. The van der Waals surface area contributed by atoms with Crippen LogP contribution in [0.5, 0.6) is 11.5 Å². The fourth-order valence-corrected chi connectivity index (χ4v) is 5.02. The van der Waals surface area contributed by atoms with Crippen LogP contribution in [0.25, 0.3) is 11.2 Å². The molecule has 4 aromatic rings. The number of pyridine rings is 1. The van der Waals surface area contributed by atoms with Gasteiger partial charge in [-0.1, -0.05) is 18.2 Å². The van der Waals surface area contributed by atoms with Crippen molar-refractivity contribution in [3.63, 3.8) is 0 Å². The van der Waals surface area contributed by atoms with Crippen LogP contribution in [-0.2, 0) is 13.0 Å². The molecule has 0 radical (unpaired) electrons. The molecule has 6 heteroatoms. The number of rotatable bonds is 4. The minimum absolute atomic E-state index is 0.304. The Hall–Kier alpha value is -4.11. The number of nitrogens with zero attached hydrogens (tertiary/aromatic N) is 3. The Morgan fingerprint density at radius 3 is 2.80 bits per heavy atom. The fraction of sp³-hybridized carbons (Fsp3) is 0.241. The molecular weight excluding hydrogens is 441 g/mol. The van der Waals surface area contributed by atoms with Gasteiger partial charge in [0.15, 0.2) is 11.4 Å². The second-order valence-electron chi connectivity index (χ2n) is 9.20. The van der Waals surface area contributed by atoms with Crippen LogP contribution >= 0.6 is 0 Å². The molecule has 0 atom stereocenters. The van der Waals surface area contributed by atoms with Gasteiger partial charge in [0, 0.05) is 41.3 Å². The van der Waals surface area contributed by atoms with Crippen LogP contribution in [0.2, 0.25) is 0 Å². The van der Waals surface area contributed by atoms with Crippen LogP contribution in [0.15, 0.2) is 60.3 Å². The zero-order valence-electron chi connectivity index (χ0n) is 19.6. The van der Waals surface area contributed by atoms with Gasteiger partial charge in [-0.2, -0.15) is 5.26 Å². The summed E-state index contributed by atoms with van der Waals surface area (Å²) in [5, 5.41) is 9.70. The molecule has 35 heavy (non-hydrogen) atoms. The van der Waals surface area contributed by atoms with E-state index in [0.717, 1.165) is 57.8 Å². The largest absolute Gasteiger partial charge is 0.493 e. The maximum Gasteiger partial charge on any atom is 0.180 e. The number of ether oxygens (including phenoxy) is 2. The number of nitriles is 1. The summed E-state index contributed by atoms with van der Waals surface area (Å²) < 4.78 is 27.7. The van der Waals surface area contributed by atoms with E-state index in [1.165, 1.54) is 17.8 Å². The van der Waals surface area contributed by atoms with Gasteiger partial charge in [-0.15, -0.1) is 0 Å². The zero-order chi connectivity index (χ0) is 24.1. The SMILES string of the molecule is COc1cccn2c(Cc3ccc4c(c3)COc3cc(F)ccc3C4=C(C)C#N)c(C3CC3)nc12. The highest BCUT2D eigenvalue weighted by molar-refractivity contribution is 5.88. The molecule has 6 rings (SSSR count). The lowest BCUT2D eigenvalue weighted by Crippen LogP contribution is -2.02. The van der Waals surface area contributed by atoms with Crippen LogP contribution in [0.1, 0.15) is 59.3 Å². The Bertz CT molecular complexity index is 1560. The molecule has 3 heterocycles. The lowest BCUT2D eigenvalue weighted by atomic mass is 9.89. The highest BCUT2D eigenvalue weighted by atomic mass is 19.1. The number of hydrogen-bond donors (Lipinski definition) is 0. The fourth-order valence-electron chi connectivity index (χ4n) is 5.02. The minimum Gasteiger partial charge on any atom is -0.493 e. The Labute approximate surface area is 203 Å². The van der Waals surface area contributed by atoms with Gasteiger partial charge in [-0.3, -0.25) is 0 Å². The molecule has 0 N–H and O–H groups in total. The third-order valence-corrected chi connectivity index (χ3v) is 6.88. The molecule has 0 amide bonds. The van der Waals surface area contributed by atoms with Crippen LogP contribution in [-0.4, -0.2) is 16.5 Å². The predicted octanol–water partition coefficient (Wildman–Crippen LogP) is 6.19. The van der Waals surface area contributed by atoms with Gasteiger partial charge in [-0.25, -0.2) is 9.37 Å². The molecule has 0 unspecified atom stereocenters. The minimum atomic E-state index is -0.361. The summed E-state index contributed by atoms with van der Waals surface area (Å²) >= 11 is 0. The number of aromatic nitrogens is 2. The predicted molar refractivity (Wildman–Crippen MR) is 131 cm³/mol. The Morgan fingerprint density at radius 2 is 2.03 bits per heavy atom. The van der Waals surface area contributed by atoms with E-state index in [4.69, 9.17) is 14.5 Å². The van der Waals surface area contributed by atoms with E-state index >= 15 is 0 Å². The molecule has 0 bridgehead atoms. The van der Waals surface area contributed by atoms with E-state index < -0.39 is 0 Å². The van der Waals surface area contributed by atoms with Crippen LogP contribution in [0, 0.1) is 17.1 Å². The highest BCUT2D eigenvalue weighted by Crippen LogP contribution is 2.43. The van der Waals surface area contributed by atoms with Gasteiger partial charge in [-0.05, 0) is 60.7 Å². The summed E-state index contributed by atoms with van der Waals surface area (Å²) in [6.07, 6.45) is 5.08. The maximum atomic E-state index is 14.0. The van der Waals surface area contributed by atoms with Crippen molar-refractivity contribution < 1.29 is 13.9 Å². The van der Waals surface area contributed by atoms with Gasteiger partial charge in [0.25, 0.3) is 0 Å². The number of imidazole rings is 1. The number of methoxy groups -OCH3 is 1. The van der Waals surface area contributed by atoms with E-state index in [1.54, 1.807) is 20.1 Å². The Balaban J connectivity index is 1.45. The van der Waals surface area contributed by atoms with E-state index in [-0.39, 0.29) is 5.82 Å². The van der Waals surface area contributed by atoms with Crippen molar-refractivity contribution in [1.82, 2.24) is 9.38 Å². The molecule has 174 valence electrons. The molecular formula is C29H24FN3O2. The second kappa shape index (κ2) is 8.28. The molecule has 0 spiro atoms. The van der Waals surface area contributed by atoms with Crippen LogP contribution in [0.3, 0.4) is 0 Å². The van der Waals surface area contributed by atoms with E-state index in [9.17, 15) is 9.65 Å². The van der Waals surface area contributed by atoms with Crippen molar-refractivity contribution in [2.24, 2.45) is 0 Å². The molecule has 1 aliphatic carbocycles. The standard InChI is InChI=1S/C29H24FN3O2/c1-17(15-31)27-22-9-5-18(12-20(22)16-35-26-14-21(30)8-10-23(26)27)13-24-28(19-6-7-19)32-29-25(34-2)4-3-11-33(24)29/h3-5,8-12,14,19H,6-7,13,16H2,1-2H3. The van der Waals surface area contributed by atoms with E-state index in [2.05, 4.69) is 28.7 Å². The molecule has 0 saturated heterocycles. The first-order valence-electron chi connectivity index (χ1n) is 11.8. The Kier molecular flexibility index (Phi) is 5.07. The molecule has 2 aromatic heterocycles. The van der Waals surface area contributed by atoms with Crippen molar-refractivity contribution in [3.8, 4) is 17.6 Å². The lowest BCUT2D eigenvalue weighted by Gasteiger charge is -2.13. The first-order valence-corrected chi connectivity index (χ1v) is 11.8. The Morgan fingerprint density at radius 1 is 1.20 bits per heavy atom. The molecule has 2 aliphatic rings. The lowest BCUT2D eigenvalue weighted by molar-refractivity contribution is 0.305. The average Bonchev–Trinajstić information content (AvgIpc) is 3.67. The third-order valence-electron chi connectivity index (χ3n) is 6.88. The maximum absolute atomic E-state index is 14.0. The third kappa shape index (κ3) is 3.64. The topological polar surface area (TPSA) is 59.5 Å². The number of allylic oxidation sites excluding steroid dienone is 1. The first-order chi connectivity index (χ1) is 17.1. The van der Waals surface area contributed by atoms with Gasteiger partial charge in [0.05, 0.1) is 24.6 Å². The van der Waals surface area contributed by atoms with Crippen LogP contribution in [0.4, 0.5) is 4.39 Å². The summed E-state index contributed by atoms with van der Waals surface area (Å²) in [5.41, 5.74) is 8.31. The van der Waals surface area contributed by atoms with Crippen LogP contribution < -0.4 is 9.47 Å². The summed E-state index contributed by atoms with van der Waals surface area (Å²) in [4.78, 5) is 4.96. The van der Waals surface area contributed by atoms with E-state index in [1.807, 2.05) is 18.3 Å². The summed E-state index contributed by atoms with van der Waals surface area (Å²) in [5.74, 6) is 1.36. The number of halogens is 1. The number of benzene rings is 2. The second-order valence-corrected chi connectivity index (χ2v) is 9.20. The highest BCUT2D eigenvalue weighted by Gasteiger charge is 2.31. The van der Waals surface area contributed by atoms with Gasteiger partial charge in [0.1, 0.15) is 18.2 Å². The zero-order valence-corrected chi connectivity index (χ0v) is 19.6. The monoisotopic (exact) mass is 465 g/mol. The first kappa shape index (κ1) is 21.4. The molecule has 1 saturated carbocycles. The average molecular weight is 466 g/mol. The summed E-state index contributed by atoms with van der Waals surface area (Å²) in [7, 11) is 1.67. The van der Waals surface area contributed by atoms with Gasteiger partial charge >= 0.3 is 0 Å². The van der Waals surface area contributed by atoms with Gasteiger partial charge < -0.3 is 13.9 Å². The molecule has 5 nitrogen and oxygen atoms in total. The summed E-state index contributed by atoms with van der Waals surface area (Å²) in [6.45, 7) is 2.09. The smallest absolute Gasteiger partial charge is 0.180 e. The van der Waals surface area contributed by atoms with Crippen molar-refractivity contribution in [1.29, 1.82) is 5.26 Å². The quantitative estimate of drug-likeness (QED) is 0.337. The molecule has 1 aliphatic heterocycles. The normalized spacial score (nSPS) is 16.1. The number of fused-ring (bicyclic) bond motifs is 3.